The number of aryl methyl sites for hydroxylation is 1. The number of para-hydroxylation sites is 1. The quantitative estimate of drug-likeness (QED) is 0.625. The highest BCUT2D eigenvalue weighted by Gasteiger charge is 2.00. The lowest BCUT2D eigenvalue weighted by molar-refractivity contribution is -0.116. The predicted octanol–water partition coefficient (Wildman–Crippen LogP) is 3.65. The fourth-order valence-corrected chi connectivity index (χ4v) is 2.25. The molecule has 0 aliphatic heterocycles. The summed E-state index contributed by atoms with van der Waals surface area (Å²) in [6.45, 7) is 3.63. The van der Waals surface area contributed by atoms with Gasteiger partial charge in [-0.2, -0.15) is 0 Å². The molecule has 0 heterocycles. The maximum Gasteiger partial charge on any atom is 0.244 e. The van der Waals surface area contributed by atoms with Crippen LogP contribution in [0.2, 0.25) is 0 Å². The van der Waals surface area contributed by atoms with Crippen molar-refractivity contribution in [1.29, 1.82) is 0 Å². The summed E-state index contributed by atoms with van der Waals surface area (Å²) < 4.78 is 0. The highest BCUT2D eigenvalue weighted by atomic mass is 16.1. The van der Waals surface area contributed by atoms with Crippen LogP contribution in [0.15, 0.2) is 60.7 Å². The second kappa shape index (κ2) is 8.79. The van der Waals surface area contributed by atoms with E-state index in [4.69, 9.17) is 0 Å². The van der Waals surface area contributed by atoms with Crippen molar-refractivity contribution in [3.63, 3.8) is 0 Å². The number of anilines is 1. The van der Waals surface area contributed by atoms with Crippen LogP contribution in [0.1, 0.15) is 17.5 Å². The van der Waals surface area contributed by atoms with Crippen molar-refractivity contribution in [1.82, 2.24) is 5.32 Å². The lowest BCUT2D eigenvalue weighted by atomic mass is 10.1. The molecule has 0 saturated carbocycles. The molecule has 0 spiro atoms. The Morgan fingerprint density at radius 1 is 1.09 bits per heavy atom. The molecule has 3 heteroatoms. The molecule has 0 aromatic heterocycles. The number of carbonyl (C=O) groups excluding carboxylic acids is 1. The molecule has 23 heavy (non-hydrogen) atoms. The van der Waals surface area contributed by atoms with Gasteiger partial charge in [0.15, 0.2) is 0 Å². The van der Waals surface area contributed by atoms with Crippen molar-refractivity contribution in [2.24, 2.45) is 0 Å². The highest BCUT2D eigenvalue weighted by molar-refractivity contribution is 5.91. The first kappa shape index (κ1) is 16.8. The first-order chi connectivity index (χ1) is 11.1. The number of nitrogens with zero attached hydrogens (tertiary/aromatic N) is 1. The number of hydrogen-bond donors (Lipinski definition) is 1. The molecular weight excluding hydrogens is 284 g/mol. The van der Waals surface area contributed by atoms with Crippen LogP contribution >= 0.6 is 0 Å². The highest BCUT2D eigenvalue weighted by Crippen LogP contribution is 2.10. The summed E-state index contributed by atoms with van der Waals surface area (Å²) in [4.78, 5) is 14.0. The molecular formula is C20H24N2O. The molecule has 2 aromatic carbocycles. The van der Waals surface area contributed by atoms with Gasteiger partial charge in [0.1, 0.15) is 0 Å². The molecule has 0 unspecified atom stereocenters. The molecule has 120 valence electrons. The van der Waals surface area contributed by atoms with Crippen LogP contribution < -0.4 is 10.2 Å². The van der Waals surface area contributed by atoms with Crippen LogP contribution in [-0.2, 0) is 4.79 Å². The normalized spacial score (nSPS) is 10.7. The van der Waals surface area contributed by atoms with Crippen LogP contribution in [-0.4, -0.2) is 26.0 Å². The second-order valence-corrected chi connectivity index (χ2v) is 5.65. The van der Waals surface area contributed by atoms with Gasteiger partial charge in [0.05, 0.1) is 0 Å². The van der Waals surface area contributed by atoms with Crippen molar-refractivity contribution < 1.29 is 4.79 Å². The largest absolute Gasteiger partial charge is 0.375 e. The Labute approximate surface area is 138 Å². The van der Waals surface area contributed by atoms with Gasteiger partial charge in [0, 0.05) is 31.9 Å². The summed E-state index contributed by atoms with van der Waals surface area (Å²) in [5.74, 6) is -0.0482. The fraction of sp³-hybridized carbons (Fsp3) is 0.250. The third-order valence-electron chi connectivity index (χ3n) is 3.67. The van der Waals surface area contributed by atoms with E-state index in [0.717, 1.165) is 18.5 Å². The molecule has 2 aromatic rings. The zero-order valence-electron chi connectivity index (χ0n) is 13.8. The number of rotatable bonds is 7. The Morgan fingerprint density at radius 2 is 1.78 bits per heavy atom. The van der Waals surface area contributed by atoms with Gasteiger partial charge in [-0.3, -0.25) is 4.79 Å². The smallest absolute Gasteiger partial charge is 0.244 e. The van der Waals surface area contributed by atoms with Crippen molar-refractivity contribution in [3.05, 3.63) is 71.8 Å². The van der Waals surface area contributed by atoms with Gasteiger partial charge in [-0.05, 0) is 37.1 Å². The summed E-state index contributed by atoms with van der Waals surface area (Å²) in [5.41, 5.74) is 3.45. The maximum absolute atomic E-state index is 11.8. The Kier molecular flexibility index (Phi) is 6.42. The van der Waals surface area contributed by atoms with Gasteiger partial charge in [-0.1, -0.05) is 48.0 Å². The van der Waals surface area contributed by atoms with Crippen molar-refractivity contribution in [2.45, 2.75) is 13.3 Å². The van der Waals surface area contributed by atoms with Gasteiger partial charge in [-0.15, -0.1) is 0 Å². The lowest BCUT2D eigenvalue weighted by Gasteiger charge is -2.19. The zero-order chi connectivity index (χ0) is 16.5. The van der Waals surface area contributed by atoms with E-state index in [1.165, 1.54) is 11.3 Å². The van der Waals surface area contributed by atoms with Crippen molar-refractivity contribution in [2.75, 3.05) is 25.0 Å². The van der Waals surface area contributed by atoms with E-state index in [0.29, 0.717) is 6.54 Å². The number of hydrogen-bond acceptors (Lipinski definition) is 2. The third kappa shape index (κ3) is 5.99. The maximum atomic E-state index is 11.8. The van der Waals surface area contributed by atoms with Crippen LogP contribution in [0.3, 0.4) is 0 Å². The van der Waals surface area contributed by atoms with Crippen LogP contribution in [0.25, 0.3) is 6.08 Å². The van der Waals surface area contributed by atoms with Gasteiger partial charge in [0.25, 0.3) is 0 Å². The molecule has 3 nitrogen and oxygen atoms in total. The summed E-state index contributed by atoms with van der Waals surface area (Å²) in [6.07, 6.45) is 4.34. The fourth-order valence-electron chi connectivity index (χ4n) is 2.25. The second-order valence-electron chi connectivity index (χ2n) is 5.65. The van der Waals surface area contributed by atoms with Crippen LogP contribution in [0.4, 0.5) is 5.69 Å². The standard InChI is InChI=1S/C20H24N2O/c1-17-9-11-18(12-10-17)13-14-20(23)21-15-6-16-22(2)19-7-4-3-5-8-19/h3-5,7-14H,6,15-16H2,1-2H3,(H,21,23)/b14-13+. The Bertz CT molecular complexity index is 632. The SMILES string of the molecule is Cc1ccc(/C=C/C(=O)NCCCN(C)c2ccccc2)cc1. The van der Waals surface area contributed by atoms with Crippen LogP contribution in [0.5, 0.6) is 0 Å². The molecule has 0 aliphatic carbocycles. The topological polar surface area (TPSA) is 32.3 Å². The summed E-state index contributed by atoms with van der Waals surface area (Å²) in [5, 5.41) is 2.92. The van der Waals surface area contributed by atoms with Gasteiger partial charge in [-0.25, -0.2) is 0 Å². The summed E-state index contributed by atoms with van der Waals surface area (Å²) >= 11 is 0. The summed E-state index contributed by atoms with van der Waals surface area (Å²) in [7, 11) is 2.06. The van der Waals surface area contributed by atoms with E-state index >= 15 is 0 Å². The van der Waals surface area contributed by atoms with Crippen LogP contribution in [0, 0.1) is 6.92 Å². The van der Waals surface area contributed by atoms with E-state index in [1.54, 1.807) is 6.08 Å². The number of benzene rings is 2. The average Bonchev–Trinajstić information content (AvgIpc) is 2.59. The minimum atomic E-state index is -0.0482. The molecule has 0 radical (unpaired) electrons. The first-order valence-electron chi connectivity index (χ1n) is 7.94. The molecule has 0 atom stereocenters. The van der Waals surface area contributed by atoms with Crippen molar-refractivity contribution in [3.8, 4) is 0 Å². The molecule has 2 rings (SSSR count). The molecule has 0 bridgehead atoms. The number of nitrogens with one attached hydrogen (secondary N) is 1. The number of carbonyl (C=O) groups is 1. The third-order valence-corrected chi connectivity index (χ3v) is 3.67. The Balaban J connectivity index is 1.67. The van der Waals surface area contributed by atoms with E-state index < -0.39 is 0 Å². The molecule has 0 aliphatic rings. The average molecular weight is 308 g/mol. The minimum absolute atomic E-state index is 0.0482. The number of amides is 1. The Hall–Kier alpha value is -2.55. The zero-order valence-corrected chi connectivity index (χ0v) is 13.8. The minimum Gasteiger partial charge on any atom is -0.375 e. The van der Waals surface area contributed by atoms with Crippen molar-refractivity contribution >= 4 is 17.7 Å². The Morgan fingerprint density at radius 3 is 2.48 bits per heavy atom. The van der Waals surface area contributed by atoms with E-state index in [1.807, 2.05) is 55.5 Å². The predicted molar refractivity (Wildman–Crippen MR) is 97.6 cm³/mol. The molecule has 0 saturated heterocycles. The lowest BCUT2D eigenvalue weighted by Crippen LogP contribution is -2.26. The van der Waals surface area contributed by atoms with Gasteiger partial charge >= 0.3 is 0 Å². The van der Waals surface area contributed by atoms with Gasteiger partial charge < -0.3 is 10.2 Å². The first-order valence-corrected chi connectivity index (χ1v) is 7.94. The molecule has 1 amide bonds. The molecule has 0 fully saturated rings. The van der Waals surface area contributed by atoms with Gasteiger partial charge in [0.2, 0.25) is 5.91 Å². The monoisotopic (exact) mass is 308 g/mol. The van der Waals surface area contributed by atoms with E-state index in [-0.39, 0.29) is 5.91 Å². The van der Waals surface area contributed by atoms with E-state index in [2.05, 4.69) is 29.4 Å². The van der Waals surface area contributed by atoms with E-state index in [9.17, 15) is 4.79 Å². The summed E-state index contributed by atoms with van der Waals surface area (Å²) in [6, 6.07) is 18.3. The molecule has 1 N–H and O–H groups in total.